The van der Waals surface area contributed by atoms with Gasteiger partial charge in [-0.1, -0.05) is 17.5 Å². The Labute approximate surface area is 105 Å². The lowest BCUT2D eigenvalue weighted by Crippen LogP contribution is -1.83. The number of halogens is 1. The number of benzene rings is 1. The second-order valence-corrected chi connectivity index (χ2v) is 3.78. The Balaban J connectivity index is 2.17. The molecule has 3 heteroatoms. The van der Waals surface area contributed by atoms with E-state index in [4.69, 9.17) is 16.3 Å². The minimum atomic E-state index is 0.611. The Bertz CT molecular complexity index is 550. The van der Waals surface area contributed by atoms with Crippen LogP contribution in [0.3, 0.4) is 0 Å². The standard InChI is InChI=1S/C14H10ClNO/c1-17-14-8-3-11(4-9-14)2-6-13-7-5-12(15)10-16-13/h3-5,7-10H,1H3. The van der Waals surface area contributed by atoms with Gasteiger partial charge in [-0.05, 0) is 42.3 Å². The molecule has 0 amide bonds. The van der Waals surface area contributed by atoms with Crippen LogP contribution in [0.15, 0.2) is 42.6 Å². The fourth-order valence-corrected chi connectivity index (χ4v) is 1.37. The van der Waals surface area contributed by atoms with Crippen molar-refractivity contribution in [2.75, 3.05) is 7.11 Å². The summed E-state index contributed by atoms with van der Waals surface area (Å²) in [6, 6.07) is 11.1. The van der Waals surface area contributed by atoms with Crippen LogP contribution in [0.25, 0.3) is 0 Å². The van der Waals surface area contributed by atoms with Crippen LogP contribution < -0.4 is 4.74 Å². The molecule has 2 aromatic rings. The van der Waals surface area contributed by atoms with Gasteiger partial charge in [0, 0.05) is 11.8 Å². The Morgan fingerprint density at radius 3 is 2.41 bits per heavy atom. The van der Waals surface area contributed by atoms with Gasteiger partial charge in [0.25, 0.3) is 0 Å². The molecule has 0 atom stereocenters. The summed E-state index contributed by atoms with van der Waals surface area (Å²) >= 11 is 5.74. The molecule has 0 aliphatic heterocycles. The molecule has 1 heterocycles. The number of rotatable bonds is 1. The third-order valence-corrected chi connectivity index (χ3v) is 2.38. The van der Waals surface area contributed by atoms with Gasteiger partial charge in [0.2, 0.25) is 0 Å². The molecule has 0 aliphatic rings. The molecule has 17 heavy (non-hydrogen) atoms. The summed E-state index contributed by atoms with van der Waals surface area (Å²) in [5, 5.41) is 0.611. The van der Waals surface area contributed by atoms with Crippen molar-refractivity contribution in [1.29, 1.82) is 0 Å². The number of methoxy groups -OCH3 is 1. The van der Waals surface area contributed by atoms with E-state index in [2.05, 4.69) is 16.8 Å². The van der Waals surface area contributed by atoms with Gasteiger partial charge in [0.05, 0.1) is 12.1 Å². The van der Waals surface area contributed by atoms with Gasteiger partial charge in [0.1, 0.15) is 11.4 Å². The van der Waals surface area contributed by atoms with Crippen LogP contribution in [-0.2, 0) is 0 Å². The average Bonchev–Trinajstić information content (AvgIpc) is 2.39. The largest absolute Gasteiger partial charge is 0.497 e. The Morgan fingerprint density at radius 2 is 1.82 bits per heavy atom. The van der Waals surface area contributed by atoms with E-state index in [-0.39, 0.29) is 0 Å². The first-order chi connectivity index (χ1) is 8.28. The normalized spacial score (nSPS) is 9.29. The second kappa shape index (κ2) is 5.38. The number of hydrogen-bond donors (Lipinski definition) is 0. The summed E-state index contributed by atoms with van der Waals surface area (Å²) in [7, 11) is 1.64. The average molecular weight is 244 g/mol. The van der Waals surface area contributed by atoms with Crippen molar-refractivity contribution >= 4 is 11.6 Å². The molecular weight excluding hydrogens is 234 g/mol. The quantitative estimate of drug-likeness (QED) is 0.718. The second-order valence-electron chi connectivity index (χ2n) is 3.34. The van der Waals surface area contributed by atoms with Crippen LogP contribution in [0.5, 0.6) is 5.75 Å². The van der Waals surface area contributed by atoms with Crippen LogP contribution in [0.4, 0.5) is 0 Å². The maximum Gasteiger partial charge on any atom is 0.118 e. The Kier molecular flexibility index (Phi) is 3.64. The van der Waals surface area contributed by atoms with E-state index in [1.807, 2.05) is 24.3 Å². The highest BCUT2D eigenvalue weighted by Gasteiger charge is 1.91. The van der Waals surface area contributed by atoms with Gasteiger partial charge in [-0.3, -0.25) is 0 Å². The molecule has 84 valence electrons. The summed E-state index contributed by atoms with van der Waals surface area (Å²) in [5.74, 6) is 6.81. The first-order valence-electron chi connectivity index (χ1n) is 5.05. The third-order valence-electron chi connectivity index (χ3n) is 2.15. The molecule has 1 aromatic carbocycles. The molecule has 0 saturated heterocycles. The van der Waals surface area contributed by atoms with Gasteiger partial charge in [-0.25, -0.2) is 4.98 Å². The summed E-state index contributed by atoms with van der Waals surface area (Å²) in [4.78, 5) is 4.10. The summed E-state index contributed by atoms with van der Waals surface area (Å²) in [6.07, 6.45) is 1.58. The highest BCUT2D eigenvalue weighted by Crippen LogP contribution is 2.10. The topological polar surface area (TPSA) is 22.1 Å². The molecule has 0 radical (unpaired) electrons. The highest BCUT2D eigenvalue weighted by molar-refractivity contribution is 6.30. The number of hydrogen-bond acceptors (Lipinski definition) is 2. The molecule has 1 aromatic heterocycles. The van der Waals surface area contributed by atoms with E-state index in [0.717, 1.165) is 11.3 Å². The van der Waals surface area contributed by atoms with Crippen molar-refractivity contribution in [3.05, 3.63) is 58.9 Å². The minimum Gasteiger partial charge on any atom is -0.497 e. The van der Waals surface area contributed by atoms with E-state index in [1.54, 1.807) is 25.4 Å². The predicted molar refractivity (Wildman–Crippen MR) is 68.2 cm³/mol. The van der Waals surface area contributed by atoms with E-state index in [9.17, 15) is 0 Å². The van der Waals surface area contributed by atoms with E-state index < -0.39 is 0 Å². The fourth-order valence-electron chi connectivity index (χ4n) is 1.26. The minimum absolute atomic E-state index is 0.611. The molecule has 0 saturated carbocycles. The Hall–Kier alpha value is -1.98. The molecule has 0 bridgehead atoms. The lowest BCUT2D eigenvalue weighted by Gasteiger charge is -1.97. The van der Waals surface area contributed by atoms with Gasteiger partial charge in [0.15, 0.2) is 0 Å². The molecular formula is C14H10ClNO. The molecule has 0 aliphatic carbocycles. The van der Waals surface area contributed by atoms with Crippen molar-refractivity contribution < 1.29 is 4.74 Å². The summed E-state index contributed by atoms with van der Waals surface area (Å²) < 4.78 is 5.07. The summed E-state index contributed by atoms with van der Waals surface area (Å²) in [6.45, 7) is 0. The third kappa shape index (κ3) is 3.24. The molecule has 0 unspecified atom stereocenters. The van der Waals surface area contributed by atoms with Gasteiger partial charge in [-0.2, -0.15) is 0 Å². The molecule has 0 fully saturated rings. The van der Waals surface area contributed by atoms with Crippen molar-refractivity contribution in [2.24, 2.45) is 0 Å². The van der Waals surface area contributed by atoms with Crippen LogP contribution >= 0.6 is 11.6 Å². The van der Waals surface area contributed by atoms with Gasteiger partial charge >= 0.3 is 0 Å². The highest BCUT2D eigenvalue weighted by atomic mass is 35.5. The number of pyridine rings is 1. The van der Waals surface area contributed by atoms with Crippen molar-refractivity contribution in [1.82, 2.24) is 4.98 Å². The van der Waals surface area contributed by atoms with Gasteiger partial charge in [-0.15, -0.1) is 0 Å². The Morgan fingerprint density at radius 1 is 1.06 bits per heavy atom. The maximum absolute atomic E-state index is 5.74. The maximum atomic E-state index is 5.74. The number of nitrogens with zero attached hydrogens (tertiary/aromatic N) is 1. The molecule has 0 N–H and O–H groups in total. The fraction of sp³-hybridized carbons (Fsp3) is 0.0714. The van der Waals surface area contributed by atoms with E-state index in [1.165, 1.54) is 0 Å². The van der Waals surface area contributed by atoms with E-state index in [0.29, 0.717) is 10.7 Å². The molecule has 2 nitrogen and oxygen atoms in total. The SMILES string of the molecule is COc1ccc(C#Cc2ccc(Cl)cn2)cc1. The monoisotopic (exact) mass is 243 g/mol. The van der Waals surface area contributed by atoms with Crippen molar-refractivity contribution in [3.63, 3.8) is 0 Å². The van der Waals surface area contributed by atoms with Crippen LogP contribution in [0.1, 0.15) is 11.3 Å². The van der Waals surface area contributed by atoms with Gasteiger partial charge < -0.3 is 4.74 Å². The molecule has 0 spiro atoms. The van der Waals surface area contributed by atoms with Crippen molar-refractivity contribution in [3.8, 4) is 17.6 Å². The first kappa shape index (κ1) is 11.5. The first-order valence-corrected chi connectivity index (χ1v) is 5.43. The molecule has 2 rings (SSSR count). The predicted octanol–water partition coefficient (Wildman–Crippen LogP) is 3.14. The summed E-state index contributed by atoms with van der Waals surface area (Å²) in [5.41, 5.74) is 1.62. The van der Waals surface area contributed by atoms with Crippen LogP contribution in [0.2, 0.25) is 5.02 Å². The number of aromatic nitrogens is 1. The van der Waals surface area contributed by atoms with Crippen LogP contribution in [-0.4, -0.2) is 12.1 Å². The zero-order valence-corrected chi connectivity index (χ0v) is 10.0. The van der Waals surface area contributed by atoms with Crippen LogP contribution in [0, 0.1) is 11.8 Å². The van der Waals surface area contributed by atoms with E-state index >= 15 is 0 Å². The van der Waals surface area contributed by atoms with Crippen molar-refractivity contribution in [2.45, 2.75) is 0 Å². The lowest BCUT2D eigenvalue weighted by molar-refractivity contribution is 0.415. The zero-order valence-electron chi connectivity index (χ0n) is 9.27. The lowest BCUT2D eigenvalue weighted by atomic mass is 10.2. The zero-order chi connectivity index (χ0) is 12.1. The smallest absolute Gasteiger partial charge is 0.118 e. The number of ether oxygens (including phenoxy) is 1.